The van der Waals surface area contributed by atoms with E-state index >= 15 is 0 Å². The first-order valence-corrected chi connectivity index (χ1v) is 11.0. The Balaban J connectivity index is 1.56. The number of piperidine rings is 1. The van der Waals surface area contributed by atoms with Crippen LogP contribution in [0.2, 0.25) is 0 Å². The van der Waals surface area contributed by atoms with Crippen LogP contribution < -0.4 is 5.32 Å². The van der Waals surface area contributed by atoms with Crippen LogP contribution in [0.25, 0.3) is 0 Å². The van der Waals surface area contributed by atoms with Gasteiger partial charge < -0.3 is 29.2 Å². The molecule has 2 fully saturated rings. The predicted molar refractivity (Wildman–Crippen MR) is 115 cm³/mol. The van der Waals surface area contributed by atoms with Crippen molar-refractivity contribution in [2.24, 2.45) is 0 Å². The molecule has 1 unspecified atom stereocenters. The van der Waals surface area contributed by atoms with Crippen LogP contribution in [0.15, 0.2) is 18.3 Å². The fourth-order valence-corrected chi connectivity index (χ4v) is 3.95. The molecular formula is C22H34N4O5. The number of hydrogen-bond acceptors (Lipinski definition) is 5. The molecule has 1 aromatic rings. The quantitative estimate of drug-likeness (QED) is 0.783. The molecule has 3 amide bonds. The van der Waals surface area contributed by atoms with Crippen molar-refractivity contribution in [3.63, 3.8) is 0 Å². The summed E-state index contributed by atoms with van der Waals surface area (Å²) in [5, 5.41) is 2.84. The maximum Gasteiger partial charge on any atom is 0.410 e. The topological polar surface area (TPSA) is 93.1 Å². The smallest absolute Gasteiger partial charge is 0.410 e. The number of nitrogens with zero attached hydrogens (tertiary/aromatic N) is 3. The van der Waals surface area contributed by atoms with Gasteiger partial charge in [0.15, 0.2) is 0 Å². The second-order valence-corrected chi connectivity index (χ2v) is 9.13. The van der Waals surface area contributed by atoms with Crippen molar-refractivity contribution in [1.29, 1.82) is 0 Å². The van der Waals surface area contributed by atoms with Crippen LogP contribution in [-0.4, -0.2) is 83.3 Å². The van der Waals surface area contributed by atoms with Gasteiger partial charge in [0.25, 0.3) is 5.91 Å². The number of aromatic nitrogens is 1. The second-order valence-electron chi connectivity index (χ2n) is 9.13. The molecule has 9 nitrogen and oxygen atoms in total. The largest absolute Gasteiger partial charge is 0.444 e. The third-order valence-corrected chi connectivity index (χ3v) is 5.56. The fourth-order valence-electron chi connectivity index (χ4n) is 3.95. The zero-order valence-electron chi connectivity index (χ0n) is 18.9. The van der Waals surface area contributed by atoms with E-state index in [0.717, 1.165) is 12.8 Å². The molecule has 0 spiro atoms. The summed E-state index contributed by atoms with van der Waals surface area (Å²) in [5.74, 6) is -0.367. The summed E-state index contributed by atoms with van der Waals surface area (Å²) in [6.07, 6.45) is 3.05. The summed E-state index contributed by atoms with van der Waals surface area (Å²) in [6, 6.07) is 3.10. The highest BCUT2D eigenvalue weighted by molar-refractivity contribution is 5.96. The van der Waals surface area contributed by atoms with Crippen LogP contribution in [0.3, 0.4) is 0 Å². The highest BCUT2D eigenvalue weighted by Gasteiger charge is 2.30. The molecule has 1 N–H and O–H groups in total. The third-order valence-electron chi connectivity index (χ3n) is 5.56. The van der Waals surface area contributed by atoms with Crippen LogP contribution in [-0.2, 0) is 14.3 Å². The number of hydrogen-bond donors (Lipinski definition) is 1. The standard InChI is InChI=1S/C22H34N4O5/c1-16(20(28)24-12-14-30-15-13-24)23-19(27)18-6-5-9-26(18)17-7-10-25(11-8-17)21(29)31-22(2,3)4/h5-6,9,16-17H,7-8,10-15H2,1-4H3,(H,23,27). The average Bonchev–Trinajstić information content (AvgIpc) is 3.22. The SMILES string of the molecule is CC(NC(=O)c1cccn1C1CCN(C(=O)OC(C)(C)C)CC1)C(=O)N1CCOCC1. The number of likely N-dealkylation sites (tertiary alicyclic amines) is 1. The minimum atomic E-state index is -0.608. The third kappa shape index (κ3) is 6.00. The lowest BCUT2D eigenvalue weighted by atomic mass is 10.0. The molecule has 3 rings (SSSR count). The summed E-state index contributed by atoms with van der Waals surface area (Å²) in [6.45, 7) is 10.6. The Bertz CT molecular complexity index is 786. The van der Waals surface area contributed by atoms with Crippen LogP contribution in [0.5, 0.6) is 0 Å². The van der Waals surface area contributed by atoms with Crippen molar-refractivity contribution < 1.29 is 23.9 Å². The number of carbonyl (C=O) groups excluding carboxylic acids is 3. The Hall–Kier alpha value is -2.55. The normalized spacial score (nSPS) is 19.1. The van der Waals surface area contributed by atoms with Crippen LogP contribution in [0.4, 0.5) is 4.79 Å². The number of carbonyl (C=O) groups is 3. The highest BCUT2D eigenvalue weighted by Crippen LogP contribution is 2.25. The molecule has 0 aromatic carbocycles. The number of morpholine rings is 1. The van der Waals surface area contributed by atoms with Gasteiger partial charge in [-0.05, 0) is 52.7 Å². The Morgan fingerprint density at radius 1 is 1.10 bits per heavy atom. The van der Waals surface area contributed by atoms with Gasteiger partial charge in [-0.1, -0.05) is 0 Å². The first-order chi connectivity index (χ1) is 14.7. The summed E-state index contributed by atoms with van der Waals surface area (Å²) >= 11 is 0. The van der Waals surface area contributed by atoms with E-state index in [2.05, 4.69) is 5.32 Å². The monoisotopic (exact) mass is 434 g/mol. The van der Waals surface area contributed by atoms with E-state index in [-0.39, 0.29) is 23.9 Å². The summed E-state index contributed by atoms with van der Waals surface area (Å²) in [5.41, 5.74) is 0.00644. The zero-order chi connectivity index (χ0) is 22.6. The molecule has 1 aromatic heterocycles. The van der Waals surface area contributed by atoms with Gasteiger partial charge in [-0.2, -0.15) is 0 Å². The first kappa shape index (κ1) is 23.1. The predicted octanol–water partition coefficient (Wildman–Crippen LogP) is 2.04. The van der Waals surface area contributed by atoms with Gasteiger partial charge in [0.05, 0.1) is 13.2 Å². The zero-order valence-corrected chi connectivity index (χ0v) is 18.9. The Morgan fingerprint density at radius 2 is 1.74 bits per heavy atom. The molecular weight excluding hydrogens is 400 g/mol. The molecule has 31 heavy (non-hydrogen) atoms. The number of amides is 3. The molecule has 1 atom stereocenters. The molecule has 2 aliphatic rings. The van der Waals surface area contributed by atoms with Gasteiger partial charge in [0.2, 0.25) is 5.91 Å². The van der Waals surface area contributed by atoms with Gasteiger partial charge in [0, 0.05) is 38.4 Å². The molecule has 2 aliphatic heterocycles. The van der Waals surface area contributed by atoms with E-state index in [1.165, 1.54) is 0 Å². The molecule has 9 heteroatoms. The second kappa shape index (κ2) is 9.72. The van der Waals surface area contributed by atoms with E-state index in [0.29, 0.717) is 45.1 Å². The van der Waals surface area contributed by atoms with Gasteiger partial charge in [-0.25, -0.2) is 4.79 Å². The van der Waals surface area contributed by atoms with Crippen molar-refractivity contribution in [2.45, 2.75) is 58.2 Å². The minimum Gasteiger partial charge on any atom is -0.444 e. The van der Waals surface area contributed by atoms with Gasteiger partial charge in [-0.15, -0.1) is 0 Å². The van der Waals surface area contributed by atoms with Crippen molar-refractivity contribution in [3.8, 4) is 0 Å². The molecule has 0 bridgehead atoms. The molecule has 172 valence electrons. The van der Waals surface area contributed by atoms with Crippen LogP contribution >= 0.6 is 0 Å². The number of nitrogens with one attached hydrogen (secondary N) is 1. The number of rotatable bonds is 4. The molecule has 3 heterocycles. The highest BCUT2D eigenvalue weighted by atomic mass is 16.6. The lowest BCUT2D eigenvalue weighted by Gasteiger charge is -2.34. The van der Waals surface area contributed by atoms with E-state index in [9.17, 15) is 14.4 Å². The Kier molecular flexibility index (Phi) is 7.25. The summed E-state index contributed by atoms with van der Waals surface area (Å²) < 4.78 is 12.7. The van der Waals surface area contributed by atoms with Crippen LogP contribution in [0, 0.1) is 0 Å². The van der Waals surface area contributed by atoms with Gasteiger partial charge in [-0.3, -0.25) is 9.59 Å². The fraction of sp³-hybridized carbons (Fsp3) is 0.682. The maximum absolute atomic E-state index is 12.9. The van der Waals surface area contributed by atoms with Crippen molar-refractivity contribution >= 4 is 17.9 Å². The molecule has 0 radical (unpaired) electrons. The summed E-state index contributed by atoms with van der Waals surface area (Å²) in [7, 11) is 0. The lowest BCUT2D eigenvalue weighted by Crippen LogP contribution is -2.50. The van der Waals surface area contributed by atoms with Crippen LogP contribution in [0.1, 0.15) is 57.1 Å². The molecule has 0 aliphatic carbocycles. The Morgan fingerprint density at radius 3 is 2.35 bits per heavy atom. The first-order valence-electron chi connectivity index (χ1n) is 11.0. The average molecular weight is 435 g/mol. The van der Waals surface area contributed by atoms with Crippen molar-refractivity contribution in [1.82, 2.24) is 19.7 Å². The lowest BCUT2D eigenvalue weighted by molar-refractivity contribution is -0.136. The Labute approximate surface area is 183 Å². The van der Waals surface area contributed by atoms with Crippen molar-refractivity contribution in [3.05, 3.63) is 24.0 Å². The molecule has 0 saturated carbocycles. The van der Waals surface area contributed by atoms with E-state index in [1.807, 2.05) is 37.6 Å². The van der Waals surface area contributed by atoms with E-state index in [4.69, 9.17) is 9.47 Å². The maximum atomic E-state index is 12.9. The van der Waals surface area contributed by atoms with E-state index < -0.39 is 11.6 Å². The van der Waals surface area contributed by atoms with E-state index in [1.54, 1.807) is 22.8 Å². The number of ether oxygens (including phenoxy) is 2. The van der Waals surface area contributed by atoms with Crippen molar-refractivity contribution in [2.75, 3.05) is 39.4 Å². The summed E-state index contributed by atoms with van der Waals surface area (Å²) in [4.78, 5) is 41.2. The van der Waals surface area contributed by atoms with Gasteiger partial charge in [0.1, 0.15) is 17.3 Å². The van der Waals surface area contributed by atoms with Gasteiger partial charge >= 0.3 is 6.09 Å². The molecule has 2 saturated heterocycles. The minimum absolute atomic E-state index is 0.0968.